The van der Waals surface area contributed by atoms with Gasteiger partial charge in [0.05, 0.1) is 5.54 Å². The number of hydrogen-bond donors (Lipinski definition) is 2. The van der Waals surface area contributed by atoms with E-state index >= 15 is 0 Å². The van der Waals surface area contributed by atoms with Crippen molar-refractivity contribution in [3.63, 3.8) is 0 Å². The molecule has 0 saturated carbocycles. The van der Waals surface area contributed by atoms with Crippen LogP contribution in [0.5, 0.6) is 0 Å². The summed E-state index contributed by atoms with van der Waals surface area (Å²) in [6.07, 6.45) is 2.56. The molecule has 0 radical (unpaired) electrons. The molecule has 0 bridgehead atoms. The molecule has 0 aliphatic heterocycles. The van der Waals surface area contributed by atoms with Crippen LogP contribution in [0.15, 0.2) is 17.6 Å². The zero-order valence-corrected chi connectivity index (χ0v) is 11.6. The quantitative estimate of drug-likeness (QED) is 0.886. The van der Waals surface area contributed by atoms with Gasteiger partial charge in [0.1, 0.15) is 22.5 Å². The molecular formula is C12H17N5S. The van der Waals surface area contributed by atoms with Crippen LogP contribution in [0.2, 0.25) is 0 Å². The van der Waals surface area contributed by atoms with Crippen LogP contribution in [0.3, 0.4) is 0 Å². The molecule has 6 heteroatoms. The second-order valence-corrected chi connectivity index (χ2v) is 5.43. The molecule has 2 aromatic heterocycles. The Bertz CT molecular complexity index is 521. The van der Waals surface area contributed by atoms with E-state index in [1.54, 1.807) is 23.6 Å². The highest BCUT2D eigenvalue weighted by molar-refractivity contribution is 7.09. The third kappa shape index (κ3) is 2.76. The van der Waals surface area contributed by atoms with Crippen LogP contribution >= 0.6 is 11.3 Å². The molecule has 0 saturated heterocycles. The topological polar surface area (TPSA) is 76.7 Å². The van der Waals surface area contributed by atoms with Gasteiger partial charge in [0.2, 0.25) is 0 Å². The van der Waals surface area contributed by atoms with E-state index in [0.717, 1.165) is 23.1 Å². The van der Waals surface area contributed by atoms with Crippen molar-refractivity contribution in [2.45, 2.75) is 32.7 Å². The molecule has 3 N–H and O–H groups in total. The summed E-state index contributed by atoms with van der Waals surface area (Å²) in [6.45, 7) is 6.13. The van der Waals surface area contributed by atoms with Crippen LogP contribution in [0, 0.1) is 0 Å². The molecule has 2 rings (SSSR count). The average Bonchev–Trinajstić information content (AvgIpc) is 2.81. The summed E-state index contributed by atoms with van der Waals surface area (Å²) in [5, 5.41) is 6.33. The standard InChI is InChI=1S/C12H17N5S/c1-4-9-15-8(13)7-10(16-9)17-12(2,3)11-14-5-6-18-11/h5-7H,4H2,1-3H3,(H3,13,15,16,17). The number of aromatic nitrogens is 3. The van der Waals surface area contributed by atoms with E-state index in [2.05, 4.69) is 34.1 Å². The highest BCUT2D eigenvalue weighted by Crippen LogP contribution is 2.26. The summed E-state index contributed by atoms with van der Waals surface area (Å²) in [7, 11) is 0. The van der Waals surface area contributed by atoms with Crippen molar-refractivity contribution in [3.05, 3.63) is 28.5 Å². The van der Waals surface area contributed by atoms with E-state index in [1.807, 2.05) is 12.3 Å². The Morgan fingerprint density at radius 3 is 2.78 bits per heavy atom. The fourth-order valence-corrected chi connectivity index (χ4v) is 2.36. The van der Waals surface area contributed by atoms with Gasteiger partial charge in [0, 0.05) is 24.1 Å². The molecule has 0 aromatic carbocycles. The SMILES string of the molecule is CCc1nc(N)cc(NC(C)(C)c2nccs2)n1. The Balaban J connectivity index is 2.26. The number of nitrogens with two attached hydrogens (primary N) is 1. The molecule has 18 heavy (non-hydrogen) atoms. The monoisotopic (exact) mass is 263 g/mol. The van der Waals surface area contributed by atoms with Gasteiger partial charge in [-0.15, -0.1) is 11.3 Å². The molecule has 0 amide bonds. The van der Waals surface area contributed by atoms with Gasteiger partial charge in [-0.25, -0.2) is 15.0 Å². The van der Waals surface area contributed by atoms with Crippen molar-refractivity contribution < 1.29 is 0 Å². The maximum atomic E-state index is 5.77. The minimum absolute atomic E-state index is 0.278. The Hall–Kier alpha value is -1.69. The molecule has 0 fully saturated rings. The number of thiazole rings is 1. The fraction of sp³-hybridized carbons (Fsp3) is 0.417. The van der Waals surface area contributed by atoms with Crippen molar-refractivity contribution in [3.8, 4) is 0 Å². The number of nitrogen functional groups attached to an aromatic ring is 1. The van der Waals surface area contributed by atoms with Gasteiger partial charge in [0.25, 0.3) is 0 Å². The molecule has 0 aliphatic carbocycles. The number of hydrogen-bond acceptors (Lipinski definition) is 6. The lowest BCUT2D eigenvalue weighted by molar-refractivity contribution is 0.600. The Morgan fingerprint density at radius 1 is 1.39 bits per heavy atom. The molecule has 0 spiro atoms. The zero-order valence-electron chi connectivity index (χ0n) is 10.8. The van der Waals surface area contributed by atoms with Gasteiger partial charge in [-0.2, -0.15) is 0 Å². The molecule has 2 aromatic rings. The lowest BCUT2D eigenvalue weighted by Gasteiger charge is -2.24. The highest BCUT2D eigenvalue weighted by atomic mass is 32.1. The minimum atomic E-state index is -0.278. The summed E-state index contributed by atoms with van der Waals surface area (Å²) in [5.41, 5.74) is 5.49. The molecule has 0 atom stereocenters. The number of nitrogens with one attached hydrogen (secondary N) is 1. The van der Waals surface area contributed by atoms with Gasteiger partial charge in [-0.1, -0.05) is 6.92 Å². The van der Waals surface area contributed by atoms with Crippen molar-refractivity contribution >= 4 is 23.0 Å². The number of rotatable bonds is 4. The summed E-state index contributed by atoms with van der Waals surface area (Å²) < 4.78 is 0. The first-order valence-corrected chi connectivity index (χ1v) is 6.71. The smallest absolute Gasteiger partial charge is 0.132 e. The first-order chi connectivity index (χ1) is 8.51. The molecule has 96 valence electrons. The van der Waals surface area contributed by atoms with E-state index in [4.69, 9.17) is 5.73 Å². The summed E-state index contributed by atoms with van der Waals surface area (Å²) >= 11 is 1.61. The predicted octanol–water partition coefficient (Wildman–Crippen LogP) is 2.42. The van der Waals surface area contributed by atoms with Crippen molar-refractivity contribution in [2.75, 3.05) is 11.1 Å². The maximum absolute atomic E-state index is 5.77. The largest absolute Gasteiger partial charge is 0.384 e. The highest BCUT2D eigenvalue weighted by Gasteiger charge is 2.23. The van der Waals surface area contributed by atoms with Crippen molar-refractivity contribution in [2.24, 2.45) is 0 Å². The van der Waals surface area contributed by atoms with Gasteiger partial charge < -0.3 is 11.1 Å². The van der Waals surface area contributed by atoms with Crippen LogP contribution in [0.1, 0.15) is 31.6 Å². The Morgan fingerprint density at radius 2 is 2.17 bits per heavy atom. The molecule has 5 nitrogen and oxygen atoms in total. The number of aryl methyl sites for hydroxylation is 1. The first kappa shape index (κ1) is 12.8. The molecule has 2 heterocycles. The Kier molecular flexibility index (Phi) is 3.47. The van der Waals surface area contributed by atoms with Gasteiger partial charge in [0.15, 0.2) is 0 Å². The average molecular weight is 263 g/mol. The van der Waals surface area contributed by atoms with Gasteiger partial charge >= 0.3 is 0 Å². The van der Waals surface area contributed by atoms with Gasteiger partial charge in [-0.05, 0) is 13.8 Å². The second kappa shape index (κ2) is 4.89. The molecule has 0 unspecified atom stereocenters. The number of nitrogens with zero attached hydrogens (tertiary/aromatic N) is 3. The number of anilines is 2. The third-order valence-corrected chi connectivity index (χ3v) is 3.61. The summed E-state index contributed by atoms with van der Waals surface area (Å²) in [4.78, 5) is 12.9. The van der Waals surface area contributed by atoms with E-state index in [-0.39, 0.29) is 5.54 Å². The molecular weight excluding hydrogens is 246 g/mol. The zero-order chi connectivity index (χ0) is 13.2. The van der Waals surface area contributed by atoms with Crippen molar-refractivity contribution in [1.29, 1.82) is 0 Å². The first-order valence-electron chi connectivity index (χ1n) is 5.83. The van der Waals surface area contributed by atoms with Crippen LogP contribution in [-0.4, -0.2) is 15.0 Å². The van der Waals surface area contributed by atoms with Gasteiger partial charge in [-0.3, -0.25) is 0 Å². The second-order valence-electron chi connectivity index (χ2n) is 4.54. The van der Waals surface area contributed by atoms with Crippen LogP contribution < -0.4 is 11.1 Å². The van der Waals surface area contributed by atoms with Crippen LogP contribution in [0.4, 0.5) is 11.6 Å². The predicted molar refractivity (Wildman–Crippen MR) is 74.6 cm³/mol. The summed E-state index contributed by atoms with van der Waals surface area (Å²) in [6, 6.07) is 1.74. The molecule has 0 aliphatic rings. The van der Waals surface area contributed by atoms with E-state index in [9.17, 15) is 0 Å². The minimum Gasteiger partial charge on any atom is -0.384 e. The Labute approximate surface area is 111 Å². The van der Waals surface area contributed by atoms with E-state index < -0.39 is 0 Å². The van der Waals surface area contributed by atoms with Crippen LogP contribution in [0.25, 0.3) is 0 Å². The van der Waals surface area contributed by atoms with Crippen LogP contribution in [-0.2, 0) is 12.0 Å². The third-order valence-electron chi connectivity index (χ3n) is 2.52. The summed E-state index contributed by atoms with van der Waals surface area (Å²) in [5.74, 6) is 1.96. The van der Waals surface area contributed by atoms with E-state index in [1.165, 1.54) is 0 Å². The lowest BCUT2D eigenvalue weighted by atomic mass is 10.1. The van der Waals surface area contributed by atoms with Crippen molar-refractivity contribution in [1.82, 2.24) is 15.0 Å². The maximum Gasteiger partial charge on any atom is 0.132 e. The normalized spacial score (nSPS) is 11.5. The van der Waals surface area contributed by atoms with E-state index in [0.29, 0.717) is 5.82 Å². The lowest BCUT2D eigenvalue weighted by Crippen LogP contribution is -2.28. The fourth-order valence-electron chi connectivity index (χ4n) is 1.65.